The third kappa shape index (κ3) is 7.20. The Kier molecular flexibility index (Phi) is 11.1. The SMILES string of the molecule is CCNC(=NCC(O)c1ccc(Cl)s1)N(C)Cc1cc(OC)c(OC)cc1C.I. The van der Waals surface area contributed by atoms with Crippen molar-refractivity contribution in [2.45, 2.75) is 26.5 Å². The Morgan fingerprint density at radius 3 is 2.48 bits per heavy atom. The molecular weight excluding hydrogens is 525 g/mol. The Morgan fingerprint density at radius 1 is 1.28 bits per heavy atom. The number of hydrogen-bond acceptors (Lipinski definition) is 5. The fourth-order valence-electron chi connectivity index (χ4n) is 2.76. The summed E-state index contributed by atoms with van der Waals surface area (Å²) in [5.41, 5.74) is 2.21. The Morgan fingerprint density at radius 2 is 1.93 bits per heavy atom. The number of ether oxygens (including phenoxy) is 2. The van der Waals surface area contributed by atoms with Gasteiger partial charge in [-0.3, -0.25) is 4.99 Å². The maximum atomic E-state index is 10.4. The molecule has 29 heavy (non-hydrogen) atoms. The zero-order chi connectivity index (χ0) is 20.7. The molecule has 6 nitrogen and oxygen atoms in total. The minimum Gasteiger partial charge on any atom is -0.493 e. The number of rotatable bonds is 8. The lowest BCUT2D eigenvalue weighted by atomic mass is 10.1. The molecule has 1 aromatic heterocycles. The lowest BCUT2D eigenvalue weighted by Crippen LogP contribution is -2.39. The van der Waals surface area contributed by atoms with E-state index in [0.717, 1.165) is 28.5 Å². The molecule has 1 unspecified atom stereocenters. The van der Waals surface area contributed by atoms with Gasteiger partial charge in [-0.1, -0.05) is 11.6 Å². The quantitative estimate of drug-likeness (QED) is 0.287. The van der Waals surface area contributed by atoms with Crippen LogP contribution < -0.4 is 14.8 Å². The molecule has 1 aromatic carbocycles. The molecule has 1 atom stereocenters. The number of methoxy groups -OCH3 is 2. The van der Waals surface area contributed by atoms with E-state index in [4.69, 9.17) is 21.1 Å². The molecule has 162 valence electrons. The van der Waals surface area contributed by atoms with Gasteiger partial charge in [0.15, 0.2) is 17.5 Å². The highest BCUT2D eigenvalue weighted by atomic mass is 127. The number of nitrogens with zero attached hydrogens (tertiary/aromatic N) is 2. The number of benzene rings is 1. The maximum Gasteiger partial charge on any atom is 0.194 e. The molecule has 0 amide bonds. The van der Waals surface area contributed by atoms with Gasteiger partial charge in [0.25, 0.3) is 0 Å². The molecule has 0 aliphatic heterocycles. The second kappa shape index (κ2) is 12.5. The molecular formula is C20H29ClIN3O3S. The van der Waals surface area contributed by atoms with Gasteiger partial charge in [-0.25, -0.2) is 0 Å². The Bertz CT molecular complexity index is 816. The first-order valence-corrected chi connectivity index (χ1v) is 10.2. The smallest absolute Gasteiger partial charge is 0.194 e. The number of aliphatic hydroxyl groups excluding tert-OH is 1. The van der Waals surface area contributed by atoms with Gasteiger partial charge < -0.3 is 24.8 Å². The molecule has 0 radical (unpaired) electrons. The van der Waals surface area contributed by atoms with Crippen LogP contribution in [-0.4, -0.2) is 50.3 Å². The van der Waals surface area contributed by atoms with Crippen LogP contribution in [0.15, 0.2) is 29.3 Å². The summed E-state index contributed by atoms with van der Waals surface area (Å²) in [5.74, 6) is 2.13. The lowest BCUT2D eigenvalue weighted by Gasteiger charge is -2.24. The summed E-state index contributed by atoms with van der Waals surface area (Å²) in [6.45, 7) is 5.68. The molecule has 1 heterocycles. The molecule has 2 rings (SSSR count). The minimum absolute atomic E-state index is 0. The highest BCUT2D eigenvalue weighted by molar-refractivity contribution is 14.0. The van der Waals surface area contributed by atoms with Gasteiger partial charge in [-0.2, -0.15) is 0 Å². The van der Waals surface area contributed by atoms with Crippen molar-refractivity contribution in [3.8, 4) is 11.5 Å². The number of thiophene rings is 1. The van der Waals surface area contributed by atoms with Crippen LogP contribution in [-0.2, 0) is 6.54 Å². The summed E-state index contributed by atoms with van der Waals surface area (Å²) < 4.78 is 11.4. The van der Waals surface area contributed by atoms with E-state index >= 15 is 0 Å². The van der Waals surface area contributed by atoms with Crippen LogP contribution in [0.5, 0.6) is 11.5 Å². The fourth-order valence-corrected chi connectivity index (χ4v) is 3.80. The highest BCUT2D eigenvalue weighted by Crippen LogP contribution is 2.31. The topological polar surface area (TPSA) is 66.3 Å². The van der Waals surface area contributed by atoms with E-state index in [0.29, 0.717) is 22.4 Å². The summed E-state index contributed by atoms with van der Waals surface area (Å²) in [6.07, 6.45) is -0.678. The van der Waals surface area contributed by atoms with Crippen molar-refractivity contribution >= 4 is 52.9 Å². The largest absolute Gasteiger partial charge is 0.493 e. The van der Waals surface area contributed by atoms with E-state index in [-0.39, 0.29) is 30.5 Å². The Balaban J connectivity index is 0.00000420. The van der Waals surface area contributed by atoms with Crippen LogP contribution in [0.2, 0.25) is 4.34 Å². The van der Waals surface area contributed by atoms with Crippen molar-refractivity contribution < 1.29 is 14.6 Å². The summed E-state index contributed by atoms with van der Waals surface area (Å²) in [4.78, 5) is 7.42. The number of aliphatic imine (C=N–C) groups is 1. The van der Waals surface area contributed by atoms with Crippen molar-refractivity contribution in [3.05, 3.63) is 44.6 Å². The van der Waals surface area contributed by atoms with Gasteiger partial charge >= 0.3 is 0 Å². The van der Waals surface area contributed by atoms with Crippen molar-refractivity contribution in [1.29, 1.82) is 0 Å². The lowest BCUT2D eigenvalue weighted by molar-refractivity contribution is 0.190. The zero-order valence-corrected chi connectivity index (χ0v) is 21.3. The Labute approximate surface area is 198 Å². The van der Waals surface area contributed by atoms with Crippen molar-refractivity contribution in [2.24, 2.45) is 4.99 Å². The van der Waals surface area contributed by atoms with E-state index in [2.05, 4.69) is 10.3 Å². The summed E-state index contributed by atoms with van der Waals surface area (Å²) in [6, 6.07) is 7.57. The molecule has 2 aromatic rings. The normalized spacial score (nSPS) is 12.2. The average molecular weight is 554 g/mol. The van der Waals surface area contributed by atoms with Gasteiger partial charge in [-0.15, -0.1) is 35.3 Å². The molecule has 9 heteroatoms. The van der Waals surface area contributed by atoms with Crippen molar-refractivity contribution in [1.82, 2.24) is 10.2 Å². The van der Waals surface area contributed by atoms with Gasteiger partial charge in [-0.05, 0) is 49.2 Å². The number of halogens is 2. The van der Waals surface area contributed by atoms with Gasteiger partial charge in [0.2, 0.25) is 0 Å². The summed E-state index contributed by atoms with van der Waals surface area (Å²) in [7, 11) is 5.22. The summed E-state index contributed by atoms with van der Waals surface area (Å²) in [5, 5.41) is 13.6. The highest BCUT2D eigenvalue weighted by Gasteiger charge is 2.14. The first-order chi connectivity index (χ1) is 13.4. The van der Waals surface area contributed by atoms with E-state index in [1.54, 1.807) is 20.3 Å². The standard InChI is InChI=1S/C20H28ClN3O3S.HI/c1-6-22-20(23-11-15(25)18-7-8-19(21)28-18)24(3)12-14-10-17(27-5)16(26-4)9-13(14)2;/h7-10,15,25H,6,11-12H2,1-5H3,(H,22,23);1H. The number of nitrogens with one attached hydrogen (secondary N) is 1. The van der Waals surface area contributed by atoms with E-state index < -0.39 is 6.10 Å². The van der Waals surface area contributed by atoms with Gasteiger partial charge in [0.1, 0.15) is 6.10 Å². The molecule has 0 aliphatic carbocycles. The monoisotopic (exact) mass is 553 g/mol. The predicted molar refractivity (Wildman–Crippen MR) is 131 cm³/mol. The Hall–Kier alpha value is -1.23. The second-order valence-corrected chi connectivity index (χ2v) is 8.09. The van der Waals surface area contributed by atoms with Gasteiger partial charge in [0.05, 0.1) is 25.1 Å². The third-order valence-corrected chi connectivity index (χ3v) is 5.61. The number of hydrogen-bond donors (Lipinski definition) is 2. The van der Waals surface area contributed by atoms with Crippen LogP contribution in [0.1, 0.15) is 29.0 Å². The van der Waals surface area contributed by atoms with Crippen LogP contribution in [0, 0.1) is 6.92 Å². The minimum atomic E-state index is -0.678. The third-order valence-electron chi connectivity index (χ3n) is 4.28. The van der Waals surface area contributed by atoms with Crippen LogP contribution in [0.4, 0.5) is 0 Å². The molecule has 2 N–H and O–H groups in total. The van der Waals surface area contributed by atoms with E-state index in [1.165, 1.54) is 11.3 Å². The molecule has 0 bridgehead atoms. The zero-order valence-electron chi connectivity index (χ0n) is 17.4. The molecule has 0 aliphatic rings. The molecule has 0 saturated heterocycles. The molecule has 0 fully saturated rings. The number of aliphatic hydroxyl groups is 1. The first-order valence-electron chi connectivity index (χ1n) is 9.03. The van der Waals surface area contributed by atoms with Crippen molar-refractivity contribution in [3.63, 3.8) is 0 Å². The first kappa shape index (κ1) is 25.8. The van der Waals surface area contributed by atoms with Crippen LogP contribution >= 0.6 is 46.9 Å². The average Bonchev–Trinajstić information content (AvgIpc) is 3.12. The summed E-state index contributed by atoms with van der Waals surface area (Å²) >= 11 is 7.32. The predicted octanol–water partition coefficient (Wildman–Crippen LogP) is 4.48. The number of guanidine groups is 1. The number of aryl methyl sites for hydroxylation is 1. The molecule has 0 saturated carbocycles. The van der Waals surface area contributed by atoms with Crippen molar-refractivity contribution in [2.75, 3.05) is 34.4 Å². The van der Waals surface area contributed by atoms with E-state index in [9.17, 15) is 5.11 Å². The second-order valence-electron chi connectivity index (χ2n) is 6.34. The van der Waals surface area contributed by atoms with Crippen LogP contribution in [0.3, 0.4) is 0 Å². The maximum absolute atomic E-state index is 10.4. The van der Waals surface area contributed by atoms with E-state index in [1.807, 2.05) is 44.0 Å². The van der Waals surface area contributed by atoms with Crippen LogP contribution in [0.25, 0.3) is 0 Å². The fraction of sp³-hybridized carbons (Fsp3) is 0.450. The molecule has 0 spiro atoms. The van der Waals surface area contributed by atoms with Gasteiger partial charge in [0, 0.05) is 25.0 Å².